The van der Waals surface area contributed by atoms with Crippen molar-refractivity contribution in [3.63, 3.8) is 0 Å². The molecule has 0 unspecified atom stereocenters. The van der Waals surface area contributed by atoms with E-state index in [1.165, 1.54) is 0 Å². The normalized spacial score (nSPS) is 27.3. The third-order valence-electron chi connectivity index (χ3n) is 0.926. The molecule has 1 amide bonds. The highest BCUT2D eigenvalue weighted by Gasteiger charge is 2.21. The highest BCUT2D eigenvalue weighted by atomic mass is 16.2. The third kappa shape index (κ3) is 0.566. The summed E-state index contributed by atoms with van der Waals surface area (Å²) in [6.07, 6.45) is 5.44. The van der Waals surface area contributed by atoms with Crippen molar-refractivity contribution in [2.45, 2.75) is 12.5 Å². The summed E-state index contributed by atoms with van der Waals surface area (Å²) in [4.78, 5) is 10.1. The molecule has 0 saturated carbocycles. The first-order chi connectivity index (χ1) is 3.33. The maximum Gasteiger partial charge on any atom is 0.224 e. The topological polar surface area (TPSA) is 29.1 Å². The van der Waals surface area contributed by atoms with Gasteiger partial charge in [0.25, 0.3) is 0 Å². The number of carbonyl (C=O) groups is 1. The van der Waals surface area contributed by atoms with E-state index in [1.807, 2.05) is 0 Å². The summed E-state index contributed by atoms with van der Waals surface area (Å²) >= 11 is 0. The molecule has 1 heterocycles. The van der Waals surface area contributed by atoms with Gasteiger partial charge in [0.1, 0.15) is 0 Å². The van der Waals surface area contributed by atoms with Crippen LogP contribution < -0.4 is 5.32 Å². The molecule has 1 aliphatic rings. The van der Waals surface area contributed by atoms with E-state index in [0.29, 0.717) is 6.42 Å². The molecular weight excluding hydrogens is 90.1 g/mol. The summed E-state index contributed by atoms with van der Waals surface area (Å²) in [7, 11) is 0. The summed E-state index contributed by atoms with van der Waals surface area (Å²) in [5.74, 6) is 2.46. The van der Waals surface area contributed by atoms with Crippen LogP contribution in [0.5, 0.6) is 0 Å². The molecule has 2 heteroatoms. The van der Waals surface area contributed by atoms with Crippen molar-refractivity contribution in [2.24, 2.45) is 0 Å². The third-order valence-corrected chi connectivity index (χ3v) is 0.926. The second-order valence-corrected chi connectivity index (χ2v) is 1.49. The van der Waals surface area contributed by atoms with Gasteiger partial charge in [-0.05, 0) is 0 Å². The SMILES string of the molecule is C#C[C@@H]1CC(=O)N1. The summed E-state index contributed by atoms with van der Waals surface area (Å²) in [6, 6.07) is 0.0208. The zero-order valence-corrected chi connectivity index (χ0v) is 3.77. The molecule has 0 bridgehead atoms. The Labute approximate surface area is 41.9 Å². The van der Waals surface area contributed by atoms with E-state index < -0.39 is 0 Å². The van der Waals surface area contributed by atoms with Crippen LogP contribution in [0.4, 0.5) is 0 Å². The van der Waals surface area contributed by atoms with Crippen molar-refractivity contribution in [1.82, 2.24) is 5.32 Å². The van der Waals surface area contributed by atoms with Crippen LogP contribution in [0.15, 0.2) is 0 Å². The molecule has 2 nitrogen and oxygen atoms in total. The molecule has 0 spiro atoms. The molecule has 1 rings (SSSR count). The van der Waals surface area contributed by atoms with Crippen molar-refractivity contribution in [3.05, 3.63) is 0 Å². The van der Waals surface area contributed by atoms with E-state index in [9.17, 15) is 4.79 Å². The molecule has 1 saturated heterocycles. The largest absolute Gasteiger partial charge is 0.342 e. The predicted molar refractivity (Wildman–Crippen MR) is 25.4 cm³/mol. The van der Waals surface area contributed by atoms with Gasteiger partial charge < -0.3 is 5.32 Å². The van der Waals surface area contributed by atoms with Crippen LogP contribution in [0.3, 0.4) is 0 Å². The number of amides is 1. The first-order valence-corrected chi connectivity index (χ1v) is 2.08. The molecule has 0 radical (unpaired) electrons. The van der Waals surface area contributed by atoms with Gasteiger partial charge in [-0.3, -0.25) is 4.79 Å². The molecule has 36 valence electrons. The Morgan fingerprint density at radius 2 is 2.57 bits per heavy atom. The number of β-lactam (4-membered cyclic amide) rings is 1. The van der Waals surface area contributed by atoms with Crippen molar-refractivity contribution in [1.29, 1.82) is 0 Å². The zero-order valence-electron chi connectivity index (χ0n) is 3.77. The fourth-order valence-electron chi connectivity index (χ4n) is 0.459. The van der Waals surface area contributed by atoms with Gasteiger partial charge in [-0.15, -0.1) is 6.42 Å². The molecule has 1 fully saturated rings. The molecule has 1 aliphatic heterocycles. The lowest BCUT2D eigenvalue weighted by Gasteiger charge is -2.20. The number of carbonyl (C=O) groups excluding carboxylic acids is 1. The Morgan fingerprint density at radius 3 is 2.71 bits per heavy atom. The molecule has 0 aromatic rings. The average Bonchev–Trinajstić information content (AvgIpc) is 1.58. The maximum absolute atomic E-state index is 10.1. The lowest BCUT2D eigenvalue weighted by Crippen LogP contribution is -2.47. The smallest absolute Gasteiger partial charge is 0.224 e. The number of hydrogen-bond acceptors (Lipinski definition) is 1. The van der Waals surface area contributed by atoms with Crippen LogP contribution in [0.25, 0.3) is 0 Å². The summed E-state index contributed by atoms with van der Waals surface area (Å²) in [6.45, 7) is 0. The fourth-order valence-corrected chi connectivity index (χ4v) is 0.459. The van der Waals surface area contributed by atoms with Gasteiger partial charge >= 0.3 is 0 Å². The standard InChI is InChI=1S/C5H5NO/c1-2-4-3-5(7)6-4/h1,4H,3H2,(H,6,7)/t4-/m1/s1. The highest BCUT2D eigenvalue weighted by Crippen LogP contribution is 1.99. The van der Waals surface area contributed by atoms with Crippen LogP contribution in [-0.4, -0.2) is 11.9 Å². The van der Waals surface area contributed by atoms with Crippen LogP contribution in [0.2, 0.25) is 0 Å². The lowest BCUT2D eigenvalue weighted by molar-refractivity contribution is -0.126. The van der Waals surface area contributed by atoms with E-state index in [1.54, 1.807) is 0 Å². The minimum atomic E-state index is 0.0208. The Kier molecular flexibility index (Phi) is 0.759. The van der Waals surface area contributed by atoms with Gasteiger partial charge in [-0.1, -0.05) is 5.92 Å². The molecule has 0 aromatic carbocycles. The van der Waals surface area contributed by atoms with Gasteiger partial charge in [-0.25, -0.2) is 0 Å². The second kappa shape index (κ2) is 1.27. The van der Waals surface area contributed by atoms with Crippen molar-refractivity contribution in [2.75, 3.05) is 0 Å². The quantitative estimate of drug-likeness (QED) is 0.319. The Bertz CT molecular complexity index is 126. The van der Waals surface area contributed by atoms with Crippen molar-refractivity contribution < 1.29 is 4.79 Å². The Balaban J connectivity index is 2.34. The summed E-state index contributed by atoms with van der Waals surface area (Å²) in [5, 5.41) is 2.52. The van der Waals surface area contributed by atoms with Crippen molar-refractivity contribution >= 4 is 5.91 Å². The monoisotopic (exact) mass is 95.0 g/mol. The van der Waals surface area contributed by atoms with Gasteiger partial charge in [-0.2, -0.15) is 0 Å². The van der Waals surface area contributed by atoms with Crippen LogP contribution in [0.1, 0.15) is 6.42 Å². The van der Waals surface area contributed by atoms with Crippen molar-refractivity contribution in [3.8, 4) is 12.3 Å². The van der Waals surface area contributed by atoms with E-state index in [0.717, 1.165) is 0 Å². The maximum atomic E-state index is 10.1. The Hall–Kier alpha value is -0.970. The lowest BCUT2D eigenvalue weighted by atomic mass is 10.1. The molecule has 0 aromatic heterocycles. The fraction of sp³-hybridized carbons (Fsp3) is 0.400. The molecule has 1 atom stereocenters. The van der Waals surface area contributed by atoms with E-state index in [4.69, 9.17) is 6.42 Å². The number of hydrogen-bond donors (Lipinski definition) is 1. The zero-order chi connectivity index (χ0) is 5.28. The minimum Gasteiger partial charge on any atom is -0.342 e. The molecular formula is C5H5NO. The van der Waals surface area contributed by atoms with Gasteiger partial charge in [0.15, 0.2) is 0 Å². The van der Waals surface area contributed by atoms with Gasteiger partial charge in [0.05, 0.1) is 12.5 Å². The predicted octanol–water partition coefficient (Wildman–Crippen LogP) is -0.492. The van der Waals surface area contributed by atoms with E-state index >= 15 is 0 Å². The first-order valence-electron chi connectivity index (χ1n) is 2.08. The number of terminal acetylenes is 1. The highest BCUT2D eigenvalue weighted by molar-refractivity contribution is 5.83. The molecule has 1 N–H and O–H groups in total. The van der Waals surface area contributed by atoms with E-state index in [-0.39, 0.29) is 11.9 Å². The number of rotatable bonds is 0. The first kappa shape index (κ1) is 4.20. The molecule has 7 heavy (non-hydrogen) atoms. The van der Waals surface area contributed by atoms with Crippen LogP contribution >= 0.6 is 0 Å². The van der Waals surface area contributed by atoms with E-state index in [2.05, 4.69) is 11.2 Å². The van der Waals surface area contributed by atoms with Crippen LogP contribution in [-0.2, 0) is 4.79 Å². The number of nitrogens with one attached hydrogen (secondary N) is 1. The minimum absolute atomic E-state index is 0.0208. The summed E-state index contributed by atoms with van der Waals surface area (Å²) in [5.41, 5.74) is 0. The average molecular weight is 95.1 g/mol. The van der Waals surface area contributed by atoms with Gasteiger partial charge in [0.2, 0.25) is 5.91 Å². The van der Waals surface area contributed by atoms with Gasteiger partial charge in [0, 0.05) is 0 Å². The second-order valence-electron chi connectivity index (χ2n) is 1.49. The molecule has 0 aliphatic carbocycles. The van der Waals surface area contributed by atoms with Crippen LogP contribution in [0, 0.1) is 12.3 Å². The Morgan fingerprint density at radius 1 is 2.00 bits per heavy atom. The summed E-state index contributed by atoms with van der Waals surface area (Å²) < 4.78 is 0.